The van der Waals surface area contributed by atoms with Gasteiger partial charge in [-0.15, -0.1) is 0 Å². The van der Waals surface area contributed by atoms with Crippen molar-refractivity contribution in [2.75, 3.05) is 18.0 Å². The van der Waals surface area contributed by atoms with Gasteiger partial charge >= 0.3 is 0 Å². The highest BCUT2D eigenvalue weighted by atomic mass is 15.2. The van der Waals surface area contributed by atoms with E-state index in [1.165, 1.54) is 16.5 Å². The second-order valence-electron chi connectivity index (χ2n) is 4.09. The number of aliphatic imine (C=N–C) groups is 1. The zero-order valence-corrected chi connectivity index (χ0v) is 9.63. The average molecular weight is 222 g/mol. The second-order valence-corrected chi connectivity index (χ2v) is 4.09. The maximum atomic E-state index is 4.44. The number of rotatable bonds is 2. The summed E-state index contributed by atoms with van der Waals surface area (Å²) in [6.07, 6.45) is 1.83. The van der Waals surface area contributed by atoms with Gasteiger partial charge in [0, 0.05) is 11.9 Å². The molecule has 2 aromatic rings. The van der Waals surface area contributed by atoms with Gasteiger partial charge in [0.2, 0.25) is 0 Å². The van der Waals surface area contributed by atoms with Crippen LogP contribution in [0, 0.1) is 0 Å². The highest BCUT2D eigenvalue weighted by Crippen LogP contribution is 2.28. The Morgan fingerprint density at radius 1 is 1.12 bits per heavy atom. The number of amidine groups is 1. The van der Waals surface area contributed by atoms with Crippen LogP contribution in [0.3, 0.4) is 0 Å². The third kappa shape index (κ3) is 1.62. The van der Waals surface area contributed by atoms with Gasteiger partial charge in [0.25, 0.3) is 0 Å². The third-order valence-electron chi connectivity index (χ3n) is 3.11. The highest BCUT2D eigenvalue weighted by molar-refractivity contribution is 6.11. The summed E-state index contributed by atoms with van der Waals surface area (Å²) < 4.78 is 0. The molecule has 84 valence electrons. The molecule has 0 N–H and O–H groups in total. The maximum absolute atomic E-state index is 4.44. The van der Waals surface area contributed by atoms with Gasteiger partial charge in [0.15, 0.2) is 0 Å². The first-order valence-corrected chi connectivity index (χ1v) is 5.82. The van der Waals surface area contributed by atoms with Crippen molar-refractivity contribution >= 4 is 22.3 Å². The zero-order valence-electron chi connectivity index (χ0n) is 9.63. The predicted octanol–water partition coefficient (Wildman–Crippen LogP) is 3.24. The van der Waals surface area contributed by atoms with E-state index in [-0.39, 0.29) is 0 Å². The number of anilines is 1. The molecule has 0 aromatic heterocycles. The molecule has 0 atom stereocenters. The monoisotopic (exact) mass is 222 g/mol. The van der Waals surface area contributed by atoms with Crippen LogP contribution in [0.2, 0.25) is 0 Å². The minimum Gasteiger partial charge on any atom is -0.324 e. The Hall–Kier alpha value is -2.09. The molecule has 2 aromatic carbocycles. The molecule has 0 bridgehead atoms. The molecule has 1 aliphatic rings. The van der Waals surface area contributed by atoms with Crippen molar-refractivity contribution in [3.63, 3.8) is 0 Å². The first kappa shape index (κ1) is 10.1. The molecule has 0 fully saturated rings. The summed E-state index contributed by atoms with van der Waals surface area (Å²) in [5.41, 5.74) is 1.22. The van der Waals surface area contributed by atoms with E-state index in [0.717, 1.165) is 18.9 Å². The minimum absolute atomic E-state index is 0.852. The largest absolute Gasteiger partial charge is 0.324 e. The van der Waals surface area contributed by atoms with E-state index in [0.29, 0.717) is 0 Å². The molecule has 0 spiro atoms. The molecular formula is C15H14N2. The Labute approximate surface area is 101 Å². The molecule has 0 amide bonds. The third-order valence-corrected chi connectivity index (χ3v) is 3.11. The van der Waals surface area contributed by atoms with Gasteiger partial charge in [-0.05, 0) is 17.5 Å². The van der Waals surface area contributed by atoms with Crippen LogP contribution in [0.15, 0.2) is 60.1 Å². The summed E-state index contributed by atoms with van der Waals surface area (Å²) in [6, 6.07) is 14.8. The van der Waals surface area contributed by atoms with Crippen LogP contribution in [-0.4, -0.2) is 18.9 Å². The van der Waals surface area contributed by atoms with Gasteiger partial charge in [0.1, 0.15) is 5.84 Å². The smallest absolute Gasteiger partial charge is 0.127 e. The fraction of sp³-hybridized carbons (Fsp3) is 0.133. The van der Waals surface area contributed by atoms with Crippen molar-refractivity contribution in [3.8, 4) is 0 Å². The van der Waals surface area contributed by atoms with Crippen LogP contribution in [0.4, 0.5) is 5.69 Å². The Bertz CT molecular complexity index is 593. The fourth-order valence-corrected chi connectivity index (χ4v) is 2.33. The van der Waals surface area contributed by atoms with Gasteiger partial charge in [-0.2, -0.15) is 0 Å². The number of fused-ring (bicyclic) bond motifs is 1. The zero-order chi connectivity index (χ0) is 11.7. The number of nitrogens with zero attached hydrogens (tertiary/aromatic N) is 2. The topological polar surface area (TPSA) is 15.6 Å². The molecule has 2 nitrogen and oxygen atoms in total. The normalized spacial score (nSPS) is 15.1. The van der Waals surface area contributed by atoms with E-state index in [4.69, 9.17) is 0 Å². The van der Waals surface area contributed by atoms with Crippen molar-refractivity contribution in [2.24, 2.45) is 4.99 Å². The summed E-state index contributed by atoms with van der Waals surface area (Å²) in [7, 11) is 0. The van der Waals surface area contributed by atoms with Crippen molar-refractivity contribution in [3.05, 3.63) is 55.1 Å². The molecule has 1 aliphatic heterocycles. The minimum atomic E-state index is 0.852. The van der Waals surface area contributed by atoms with E-state index in [2.05, 4.69) is 58.9 Å². The lowest BCUT2D eigenvalue weighted by molar-refractivity contribution is 1.03. The van der Waals surface area contributed by atoms with E-state index in [1.807, 2.05) is 6.08 Å². The van der Waals surface area contributed by atoms with Crippen LogP contribution in [0.25, 0.3) is 10.8 Å². The average Bonchev–Trinajstić information content (AvgIpc) is 2.86. The summed E-state index contributed by atoms with van der Waals surface area (Å²) in [6.45, 7) is 5.62. The molecule has 3 rings (SSSR count). The Morgan fingerprint density at radius 2 is 1.94 bits per heavy atom. The number of benzene rings is 2. The lowest BCUT2D eigenvalue weighted by atomic mass is 10.1. The Balaban J connectivity index is 2.18. The van der Waals surface area contributed by atoms with E-state index in [9.17, 15) is 0 Å². The number of hydrogen-bond donors (Lipinski definition) is 0. The maximum Gasteiger partial charge on any atom is 0.127 e. The molecule has 0 unspecified atom stereocenters. The molecule has 2 heteroatoms. The van der Waals surface area contributed by atoms with Crippen LogP contribution in [0.5, 0.6) is 0 Å². The SMILES string of the molecule is C=CC1=NCCN1c1cccc2ccccc12. The van der Waals surface area contributed by atoms with Gasteiger partial charge < -0.3 is 4.90 Å². The molecule has 17 heavy (non-hydrogen) atoms. The Kier molecular flexibility index (Phi) is 2.41. The number of hydrogen-bond acceptors (Lipinski definition) is 2. The fourth-order valence-electron chi connectivity index (χ4n) is 2.33. The summed E-state index contributed by atoms with van der Waals surface area (Å²) in [4.78, 5) is 6.67. The van der Waals surface area contributed by atoms with Crippen molar-refractivity contribution in [1.29, 1.82) is 0 Å². The summed E-state index contributed by atoms with van der Waals surface area (Å²) in [5, 5.41) is 2.53. The molecule has 0 radical (unpaired) electrons. The van der Waals surface area contributed by atoms with Gasteiger partial charge in [0.05, 0.1) is 12.2 Å². The van der Waals surface area contributed by atoms with Crippen LogP contribution in [-0.2, 0) is 0 Å². The van der Waals surface area contributed by atoms with Crippen LogP contribution in [0.1, 0.15) is 0 Å². The van der Waals surface area contributed by atoms with Crippen LogP contribution >= 0.6 is 0 Å². The quantitative estimate of drug-likeness (QED) is 0.761. The lowest BCUT2D eigenvalue weighted by Crippen LogP contribution is -2.25. The molecule has 0 saturated carbocycles. The van der Waals surface area contributed by atoms with E-state index in [1.54, 1.807) is 0 Å². The highest BCUT2D eigenvalue weighted by Gasteiger charge is 2.17. The van der Waals surface area contributed by atoms with E-state index < -0.39 is 0 Å². The van der Waals surface area contributed by atoms with Crippen molar-refractivity contribution < 1.29 is 0 Å². The second kappa shape index (κ2) is 4.06. The molecular weight excluding hydrogens is 208 g/mol. The van der Waals surface area contributed by atoms with Crippen molar-refractivity contribution in [1.82, 2.24) is 0 Å². The van der Waals surface area contributed by atoms with Crippen molar-refractivity contribution in [2.45, 2.75) is 0 Å². The summed E-state index contributed by atoms with van der Waals surface area (Å²) >= 11 is 0. The van der Waals surface area contributed by atoms with Gasteiger partial charge in [-0.25, -0.2) is 0 Å². The molecule has 0 saturated heterocycles. The summed E-state index contributed by atoms with van der Waals surface area (Å²) in [5.74, 6) is 0.973. The lowest BCUT2D eigenvalue weighted by Gasteiger charge is -2.20. The first-order valence-electron chi connectivity index (χ1n) is 5.82. The molecule has 0 aliphatic carbocycles. The standard InChI is InChI=1S/C15H14N2/c1-2-15-16-10-11-17(15)14-9-5-7-12-6-3-4-8-13(12)14/h2-9H,1,10-11H2. The van der Waals surface area contributed by atoms with Gasteiger partial charge in [-0.1, -0.05) is 43.0 Å². The van der Waals surface area contributed by atoms with Crippen LogP contribution < -0.4 is 4.90 Å². The van der Waals surface area contributed by atoms with Gasteiger partial charge in [-0.3, -0.25) is 4.99 Å². The molecule has 1 heterocycles. The first-order chi connectivity index (χ1) is 8.40. The predicted molar refractivity (Wildman–Crippen MR) is 73.8 cm³/mol. The van der Waals surface area contributed by atoms with E-state index >= 15 is 0 Å². The Morgan fingerprint density at radius 3 is 2.82 bits per heavy atom.